The standard InChI is InChI=1S/C19H27N3O3/c1-15-3-4-17(13-16(15)2)19(24)22-7-5-21(6-8-22)18(23)14-20-9-11-25-12-10-20/h3-4,13H,5-12,14H2,1-2H3. The van der Waals surface area contributed by atoms with Gasteiger partial charge in [-0.15, -0.1) is 0 Å². The van der Waals surface area contributed by atoms with E-state index in [0.29, 0.717) is 45.9 Å². The maximum atomic E-state index is 12.7. The molecule has 6 heteroatoms. The molecule has 0 spiro atoms. The molecular weight excluding hydrogens is 318 g/mol. The van der Waals surface area contributed by atoms with Gasteiger partial charge >= 0.3 is 0 Å². The van der Waals surface area contributed by atoms with Crippen LogP contribution in [0.2, 0.25) is 0 Å². The van der Waals surface area contributed by atoms with E-state index in [1.807, 2.05) is 41.8 Å². The Labute approximate surface area is 149 Å². The predicted molar refractivity (Wildman–Crippen MR) is 95.7 cm³/mol. The molecule has 0 unspecified atom stereocenters. The summed E-state index contributed by atoms with van der Waals surface area (Å²) in [5.74, 6) is 0.212. The van der Waals surface area contributed by atoms with Crippen molar-refractivity contribution in [2.45, 2.75) is 13.8 Å². The Hall–Kier alpha value is -1.92. The maximum Gasteiger partial charge on any atom is 0.253 e. The number of benzene rings is 1. The lowest BCUT2D eigenvalue weighted by atomic mass is 10.1. The van der Waals surface area contributed by atoms with E-state index in [1.165, 1.54) is 5.56 Å². The van der Waals surface area contributed by atoms with Gasteiger partial charge in [-0.2, -0.15) is 0 Å². The molecule has 25 heavy (non-hydrogen) atoms. The number of hydrogen-bond donors (Lipinski definition) is 0. The molecule has 1 aromatic rings. The predicted octanol–water partition coefficient (Wildman–Crippen LogP) is 0.920. The fourth-order valence-corrected chi connectivity index (χ4v) is 3.27. The van der Waals surface area contributed by atoms with Crippen molar-refractivity contribution >= 4 is 11.8 Å². The molecule has 2 aliphatic heterocycles. The molecule has 136 valence electrons. The molecule has 1 aromatic carbocycles. The number of amides is 2. The van der Waals surface area contributed by atoms with E-state index in [4.69, 9.17) is 4.74 Å². The van der Waals surface area contributed by atoms with Gasteiger partial charge < -0.3 is 14.5 Å². The summed E-state index contributed by atoms with van der Waals surface area (Å²) in [5.41, 5.74) is 3.05. The number of ether oxygens (including phenoxy) is 1. The van der Waals surface area contributed by atoms with Gasteiger partial charge in [0.15, 0.2) is 0 Å². The Morgan fingerprint density at radius 1 is 0.920 bits per heavy atom. The quantitative estimate of drug-likeness (QED) is 0.818. The molecule has 0 saturated carbocycles. The van der Waals surface area contributed by atoms with Gasteiger partial charge in [-0.05, 0) is 37.1 Å². The summed E-state index contributed by atoms with van der Waals surface area (Å²) < 4.78 is 5.31. The Morgan fingerprint density at radius 3 is 2.20 bits per heavy atom. The highest BCUT2D eigenvalue weighted by atomic mass is 16.5. The zero-order valence-electron chi connectivity index (χ0n) is 15.2. The summed E-state index contributed by atoms with van der Waals surface area (Å²) >= 11 is 0. The third kappa shape index (κ3) is 4.38. The monoisotopic (exact) mass is 345 g/mol. The fraction of sp³-hybridized carbons (Fsp3) is 0.579. The van der Waals surface area contributed by atoms with Crippen LogP contribution in [0.25, 0.3) is 0 Å². The molecular formula is C19H27N3O3. The number of morpholine rings is 1. The van der Waals surface area contributed by atoms with Crippen LogP contribution < -0.4 is 0 Å². The minimum absolute atomic E-state index is 0.0587. The molecule has 0 aromatic heterocycles. The molecule has 0 radical (unpaired) electrons. The van der Waals surface area contributed by atoms with Crippen molar-refractivity contribution < 1.29 is 14.3 Å². The van der Waals surface area contributed by atoms with E-state index < -0.39 is 0 Å². The number of aryl methyl sites for hydroxylation is 2. The first-order valence-corrected chi connectivity index (χ1v) is 8.99. The molecule has 0 N–H and O–H groups in total. The second-order valence-corrected chi connectivity index (χ2v) is 6.86. The van der Waals surface area contributed by atoms with E-state index in [1.54, 1.807) is 0 Å². The zero-order chi connectivity index (χ0) is 17.8. The summed E-state index contributed by atoms with van der Waals surface area (Å²) in [7, 11) is 0. The molecule has 2 amide bonds. The van der Waals surface area contributed by atoms with E-state index in [9.17, 15) is 9.59 Å². The number of piperazine rings is 1. The van der Waals surface area contributed by atoms with Gasteiger partial charge in [0, 0.05) is 44.8 Å². The SMILES string of the molecule is Cc1ccc(C(=O)N2CCN(C(=O)CN3CCOCC3)CC2)cc1C. The lowest BCUT2D eigenvalue weighted by molar-refractivity contribution is -0.134. The Kier molecular flexibility index (Phi) is 5.71. The van der Waals surface area contributed by atoms with E-state index in [0.717, 1.165) is 24.2 Å². The van der Waals surface area contributed by atoms with Gasteiger partial charge in [-0.25, -0.2) is 0 Å². The van der Waals surface area contributed by atoms with Crippen molar-refractivity contribution in [3.8, 4) is 0 Å². The van der Waals surface area contributed by atoms with Crippen molar-refractivity contribution in [2.24, 2.45) is 0 Å². The van der Waals surface area contributed by atoms with Crippen molar-refractivity contribution in [1.29, 1.82) is 0 Å². The van der Waals surface area contributed by atoms with Crippen molar-refractivity contribution in [3.63, 3.8) is 0 Å². The van der Waals surface area contributed by atoms with Crippen LogP contribution in [0.5, 0.6) is 0 Å². The lowest BCUT2D eigenvalue weighted by Crippen LogP contribution is -2.53. The van der Waals surface area contributed by atoms with Crippen LogP contribution in [0, 0.1) is 13.8 Å². The average Bonchev–Trinajstić information content (AvgIpc) is 2.64. The van der Waals surface area contributed by atoms with Crippen LogP contribution in [0.1, 0.15) is 21.5 Å². The Morgan fingerprint density at radius 2 is 1.56 bits per heavy atom. The Bertz CT molecular complexity index is 633. The van der Waals surface area contributed by atoms with E-state index in [-0.39, 0.29) is 11.8 Å². The minimum Gasteiger partial charge on any atom is -0.379 e. The maximum absolute atomic E-state index is 12.7. The van der Waals surface area contributed by atoms with Crippen LogP contribution in [0.4, 0.5) is 0 Å². The lowest BCUT2D eigenvalue weighted by Gasteiger charge is -2.36. The van der Waals surface area contributed by atoms with Gasteiger partial charge in [-0.1, -0.05) is 6.07 Å². The largest absolute Gasteiger partial charge is 0.379 e. The molecule has 2 heterocycles. The number of hydrogen-bond acceptors (Lipinski definition) is 4. The van der Waals surface area contributed by atoms with Crippen LogP contribution in [0.15, 0.2) is 18.2 Å². The first kappa shape index (κ1) is 17.9. The van der Waals surface area contributed by atoms with E-state index in [2.05, 4.69) is 4.90 Å². The van der Waals surface area contributed by atoms with Gasteiger partial charge in [0.1, 0.15) is 0 Å². The highest BCUT2D eigenvalue weighted by molar-refractivity contribution is 5.94. The third-order valence-electron chi connectivity index (χ3n) is 5.14. The number of carbonyl (C=O) groups excluding carboxylic acids is 2. The van der Waals surface area contributed by atoms with Gasteiger partial charge in [0.2, 0.25) is 5.91 Å². The molecule has 2 fully saturated rings. The van der Waals surface area contributed by atoms with Crippen molar-refractivity contribution in [2.75, 3.05) is 59.0 Å². The van der Waals surface area contributed by atoms with Crippen molar-refractivity contribution in [1.82, 2.24) is 14.7 Å². The number of rotatable bonds is 3. The topological polar surface area (TPSA) is 53.1 Å². The van der Waals surface area contributed by atoms with E-state index >= 15 is 0 Å². The number of carbonyl (C=O) groups is 2. The first-order chi connectivity index (χ1) is 12.0. The first-order valence-electron chi connectivity index (χ1n) is 8.99. The van der Waals surface area contributed by atoms with Crippen LogP contribution in [-0.4, -0.2) is 85.5 Å². The van der Waals surface area contributed by atoms with Gasteiger partial charge in [-0.3, -0.25) is 14.5 Å². The molecule has 3 rings (SSSR count). The third-order valence-corrected chi connectivity index (χ3v) is 5.14. The summed E-state index contributed by atoms with van der Waals surface area (Å²) in [5, 5.41) is 0. The molecule has 2 aliphatic rings. The Balaban J connectivity index is 1.51. The molecule has 6 nitrogen and oxygen atoms in total. The smallest absolute Gasteiger partial charge is 0.253 e. The zero-order valence-corrected chi connectivity index (χ0v) is 15.2. The van der Waals surface area contributed by atoms with Crippen LogP contribution in [-0.2, 0) is 9.53 Å². The highest BCUT2D eigenvalue weighted by Gasteiger charge is 2.26. The van der Waals surface area contributed by atoms with Crippen molar-refractivity contribution in [3.05, 3.63) is 34.9 Å². The van der Waals surface area contributed by atoms with Gasteiger partial charge in [0.25, 0.3) is 5.91 Å². The molecule has 0 bridgehead atoms. The summed E-state index contributed by atoms with van der Waals surface area (Å²) in [6.45, 7) is 9.97. The molecule has 2 saturated heterocycles. The van der Waals surface area contributed by atoms with Crippen LogP contribution in [0.3, 0.4) is 0 Å². The second-order valence-electron chi connectivity index (χ2n) is 6.86. The minimum atomic E-state index is 0.0587. The summed E-state index contributed by atoms with van der Waals surface area (Å²) in [6.07, 6.45) is 0. The number of nitrogens with zero attached hydrogens (tertiary/aromatic N) is 3. The molecule has 0 aliphatic carbocycles. The van der Waals surface area contributed by atoms with Crippen LogP contribution >= 0.6 is 0 Å². The molecule has 0 atom stereocenters. The fourth-order valence-electron chi connectivity index (χ4n) is 3.27. The summed E-state index contributed by atoms with van der Waals surface area (Å²) in [4.78, 5) is 31.0. The highest BCUT2D eigenvalue weighted by Crippen LogP contribution is 2.14. The van der Waals surface area contributed by atoms with Gasteiger partial charge in [0.05, 0.1) is 19.8 Å². The summed E-state index contributed by atoms with van der Waals surface area (Å²) in [6, 6.07) is 5.83. The second kappa shape index (κ2) is 7.97. The normalized spacial score (nSPS) is 19.1. The average molecular weight is 345 g/mol.